The van der Waals surface area contributed by atoms with Crippen molar-refractivity contribution in [1.29, 1.82) is 0 Å². The number of nitrogens with one attached hydrogen (secondary N) is 1. The Morgan fingerprint density at radius 3 is 2.67 bits per heavy atom. The minimum atomic E-state index is 0.0514. The molecule has 0 bridgehead atoms. The number of hydrogen-bond acceptors (Lipinski definition) is 2. The standard InChI is InChI=1S/C15H17NOS/c1-12-9-11-18-14(12)15(17)16-10-5-8-13-6-3-2-4-7-13/h2-4,6-7,9,11H,5,8,10H2,1H3,(H,16,17). The lowest BCUT2D eigenvalue weighted by molar-refractivity contribution is 0.0957. The summed E-state index contributed by atoms with van der Waals surface area (Å²) in [6.07, 6.45) is 1.98. The zero-order valence-corrected chi connectivity index (χ0v) is 11.3. The summed E-state index contributed by atoms with van der Waals surface area (Å²) >= 11 is 1.50. The first-order valence-corrected chi connectivity index (χ1v) is 7.01. The Morgan fingerprint density at radius 2 is 2.00 bits per heavy atom. The smallest absolute Gasteiger partial charge is 0.261 e. The Kier molecular flexibility index (Phi) is 4.53. The van der Waals surface area contributed by atoms with Crippen LogP contribution in [-0.4, -0.2) is 12.5 Å². The first kappa shape index (κ1) is 12.8. The van der Waals surface area contributed by atoms with Gasteiger partial charge in [0.25, 0.3) is 5.91 Å². The van der Waals surface area contributed by atoms with Crippen molar-refractivity contribution < 1.29 is 4.79 Å². The van der Waals surface area contributed by atoms with E-state index < -0.39 is 0 Å². The van der Waals surface area contributed by atoms with Crippen molar-refractivity contribution >= 4 is 17.2 Å². The number of rotatable bonds is 5. The number of carbonyl (C=O) groups is 1. The first-order valence-electron chi connectivity index (χ1n) is 6.13. The molecule has 0 aliphatic carbocycles. The highest BCUT2D eigenvalue weighted by molar-refractivity contribution is 7.12. The minimum Gasteiger partial charge on any atom is -0.351 e. The van der Waals surface area contributed by atoms with E-state index in [0.29, 0.717) is 0 Å². The molecule has 0 aliphatic heterocycles. The number of carbonyl (C=O) groups excluding carboxylic acids is 1. The van der Waals surface area contributed by atoms with E-state index >= 15 is 0 Å². The van der Waals surface area contributed by atoms with Gasteiger partial charge in [0.1, 0.15) is 0 Å². The van der Waals surface area contributed by atoms with E-state index in [-0.39, 0.29) is 5.91 Å². The Bertz CT molecular complexity index is 504. The minimum absolute atomic E-state index is 0.0514. The summed E-state index contributed by atoms with van der Waals surface area (Å²) in [7, 11) is 0. The molecule has 0 atom stereocenters. The van der Waals surface area contributed by atoms with Crippen molar-refractivity contribution in [2.24, 2.45) is 0 Å². The van der Waals surface area contributed by atoms with Crippen molar-refractivity contribution in [3.8, 4) is 0 Å². The normalized spacial score (nSPS) is 10.3. The highest BCUT2D eigenvalue weighted by atomic mass is 32.1. The van der Waals surface area contributed by atoms with Gasteiger partial charge in [-0.15, -0.1) is 11.3 Å². The molecule has 2 aromatic rings. The Balaban J connectivity index is 1.73. The van der Waals surface area contributed by atoms with Gasteiger partial charge in [-0.25, -0.2) is 0 Å². The van der Waals surface area contributed by atoms with Gasteiger partial charge < -0.3 is 5.32 Å². The molecule has 0 saturated heterocycles. The van der Waals surface area contributed by atoms with Crippen LogP contribution in [0.3, 0.4) is 0 Å². The van der Waals surface area contributed by atoms with Crippen molar-refractivity contribution in [1.82, 2.24) is 5.32 Å². The maximum atomic E-state index is 11.8. The number of thiophene rings is 1. The summed E-state index contributed by atoms with van der Waals surface area (Å²) in [4.78, 5) is 12.7. The number of aryl methyl sites for hydroxylation is 2. The maximum absolute atomic E-state index is 11.8. The van der Waals surface area contributed by atoms with Gasteiger partial charge >= 0.3 is 0 Å². The van der Waals surface area contributed by atoms with Gasteiger partial charge in [0.15, 0.2) is 0 Å². The van der Waals surface area contributed by atoms with E-state index in [4.69, 9.17) is 0 Å². The van der Waals surface area contributed by atoms with E-state index in [9.17, 15) is 4.79 Å². The summed E-state index contributed by atoms with van der Waals surface area (Å²) in [6.45, 7) is 2.69. The molecule has 0 unspecified atom stereocenters. The Labute approximate surface area is 112 Å². The molecule has 1 amide bonds. The van der Waals surface area contributed by atoms with Crippen LogP contribution in [0, 0.1) is 6.92 Å². The van der Waals surface area contributed by atoms with Gasteiger partial charge in [-0.1, -0.05) is 30.3 Å². The molecule has 2 rings (SSSR count). The van der Waals surface area contributed by atoms with Crippen LogP contribution in [-0.2, 0) is 6.42 Å². The summed E-state index contributed by atoms with van der Waals surface area (Å²) in [5.41, 5.74) is 2.37. The van der Waals surface area contributed by atoms with Gasteiger partial charge in [-0.2, -0.15) is 0 Å². The predicted octanol–water partition coefficient (Wildman–Crippen LogP) is 3.42. The lowest BCUT2D eigenvalue weighted by Crippen LogP contribution is -2.24. The molecule has 0 spiro atoms. The monoisotopic (exact) mass is 259 g/mol. The second-order valence-electron chi connectivity index (χ2n) is 4.28. The third kappa shape index (κ3) is 3.44. The fourth-order valence-electron chi connectivity index (χ4n) is 1.82. The molecule has 94 valence electrons. The van der Waals surface area contributed by atoms with Crippen LogP contribution < -0.4 is 5.32 Å². The Hall–Kier alpha value is -1.61. The molecule has 1 N–H and O–H groups in total. The molecule has 0 aliphatic rings. The van der Waals surface area contributed by atoms with Crippen molar-refractivity contribution in [3.63, 3.8) is 0 Å². The van der Waals surface area contributed by atoms with E-state index in [1.165, 1.54) is 16.9 Å². The van der Waals surface area contributed by atoms with E-state index in [2.05, 4.69) is 17.4 Å². The lowest BCUT2D eigenvalue weighted by Gasteiger charge is -2.04. The van der Waals surface area contributed by atoms with Crippen LogP contribution in [0.25, 0.3) is 0 Å². The van der Waals surface area contributed by atoms with Gasteiger partial charge in [-0.05, 0) is 42.3 Å². The second-order valence-corrected chi connectivity index (χ2v) is 5.19. The molecule has 1 aromatic heterocycles. The van der Waals surface area contributed by atoms with E-state index in [0.717, 1.165) is 29.8 Å². The molecule has 18 heavy (non-hydrogen) atoms. The average molecular weight is 259 g/mol. The van der Waals surface area contributed by atoms with Gasteiger partial charge in [0.05, 0.1) is 4.88 Å². The van der Waals surface area contributed by atoms with Crippen LogP contribution in [0.1, 0.15) is 27.2 Å². The topological polar surface area (TPSA) is 29.1 Å². The fourth-order valence-corrected chi connectivity index (χ4v) is 2.67. The molecule has 1 heterocycles. The largest absolute Gasteiger partial charge is 0.351 e. The van der Waals surface area contributed by atoms with Crippen molar-refractivity contribution in [2.45, 2.75) is 19.8 Å². The number of amides is 1. The summed E-state index contributed by atoms with van der Waals surface area (Å²) in [6, 6.07) is 12.3. The molecule has 3 heteroatoms. The van der Waals surface area contributed by atoms with Crippen LogP contribution in [0.5, 0.6) is 0 Å². The van der Waals surface area contributed by atoms with Crippen LogP contribution in [0.15, 0.2) is 41.8 Å². The Morgan fingerprint density at radius 1 is 1.22 bits per heavy atom. The molecular formula is C15H17NOS. The summed E-state index contributed by atoms with van der Waals surface area (Å²) in [5.74, 6) is 0.0514. The zero-order chi connectivity index (χ0) is 12.8. The predicted molar refractivity (Wildman–Crippen MR) is 76.2 cm³/mol. The van der Waals surface area contributed by atoms with Gasteiger partial charge in [0, 0.05) is 6.54 Å². The first-order chi connectivity index (χ1) is 8.77. The molecule has 0 saturated carbocycles. The third-order valence-electron chi connectivity index (χ3n) is 2.84. The summed E-state index contributed by atoms with van der Waals surface area (Å²) < 4.78 is 0. The zero-order valence-electron chi connectivity index (χ0n) is 10.5. The fraction of sp³-hybridized carbons (Fsp3) is 0.267. The maximum Gasteiger partial charge on any atom is 0.261 e. The molecular weight excluding hydrogens is 242 g/mol. The molecule has 0 radical (unpaired) electrons. The van der Waals surface area contributed by atoms with E-state index in [1.807, 2.05) is 36.6 Å². The third-order valence-corrected chi connectivity index (χ3v) is 3.85. The van der Waals surface area contributed by atoms with Crippen LogP contribution >= 0.6 is 11.3 Å². The quantitative estimate of drug-likeness (QED) is 0.819. The highest BCUT2D eigenvalue weighted by Crippen LogP contribution is 2.14. The SMILES string of the molecule is Cc1ccsc1C(=O)NCCCc1ccccc1. The molecule has 1 aromatic carbocycles. The number of benzene rings is 1. The van der Waals surface area contributed by atoms with Crippen LogP contribution in [0.2, 0.25) is 0 Å². The van der Waals surface area contributed by atoms with Crippen molar-refractivity contribution in [2.75, 3.05) is 6.54 Å². The lowest BCUT2D eigenvalue weighted by atomic mass is 10.1. The van der Waals surface area contributed by atoms with Gasteiger partial charge in [0.2, 0.25) is 0 Å². The van der Waals surface area contributed by atoms with E-state index in [1.54, 1.807) is 0 Å². The summed E-state index contributed by atoms with van der Waals surface area (Å²) in [5, 5.41) is 4.92. The van der Waals surface area contributed by atoms with Gasteiger partial charge in [-0.3, -0.25) is 4.79 Å². The molecule has 0 fully saturated rings. The molecule has 2 nitrogen and oxygen atoms in total. The number of hydrogen-bond donors (Lipinski definition) is 1. The second kappa shape index (κ2) is 6.36. The highest BCUT2D eigenvalue weighted by Gasteiger charge is 2.08. The van der Waals surface area contributed by atoms with Crippen LogP contribution in [0.4, 0.5) is 0 Å². The van der Waals surface area contributed by atoms with Crippen molar-refractivity contribution in [3.05, 3.63) is 57.8 Å². The average Bonchev–Trinajstić information content (AvgIpc) is 2.82.